The Labute approximate surface area is 183 Å². The highest BCUT2D eigenvalue weighted by Gasteiger charge is 2.28. The number of nitrogens with one attached hydrogen (secondary N) is 1. The van der Waals surface area contributed by atoms with Crippen LogP contribution in [0.2, 0.25) is 0 Å². The Balaban J connectivity index is 1.43. The second-order valence-electron chi connectivity index (χ2n) is 8.04. The molecule has 5 heteroatoms. The summed E-state index contributed by atoms with van der Waals surface area (Å²) in [6.45, 7) is 3.62. The van der Waals surface area contributed by atoms with Gasteiger partial charge in [0, 0.05) is 25.2 Å². The molecule has 1 amide bonds. The number of nitriles is 1. The normalized spacial score (nSPS) is 15.2. The number of aryl methyl sites for hydroxylation is 1. The first kappa shape index (κ1) is 20.6. The van der Waals surface area contributed by atoms with Crippen molar-refractivity contribution in [3.63, 3.8) is 0 Å². The van der Waals surface area contributed by atoms with Crippen molar-refractivity contribution in [1.29, 1.82) is 5.26 Å². The average Bonchev–Trinajstić information content (AvgIpc) is 2.84. The van der Waals surface area contributed by atoms with E-state index >= 15 is 0 Å². The zero-order valence-corrected chi connectivity index (χ0v) is 17.7. The number of anilines is 1. The van der Waals surface area contributed by atoms with Crippen molar-refractivity contribution < 1.29 is 4.79 Å². The molecule has 2 aromatic carbocycles. The van der Waals surface area contributed by atoms with Crippen molar-refractivity contribution >= 4 is 11.7 Å². The second-order valence-corrected chi connectivity index (χ2v) is 8.04. The van der Waals surface area contributed by atoms with Crippen LogP contribution in [0.15, 0.2) is 72.9 Å². The highest BCUT2D eigenvalue weighted by Crippen LogP contribution is 2.26. The first-order chi connectivity index (χ1) is 15.1. The fourth-order valence-electron chi connectivity index (χ4n) is 4.03. The number of rotatable bonds is 5. The molecule has 1 saturated heterocycles. The maximum absolute atomic E-state index is 13.2. The van der Waals surface area contributed by atoms with E-state index in [1.54, 1.807) is 12.3 Å². The molecule has 3 aromatic rings. The van der Waals surface area contributed by atoms with Crippen LogP contribution in [0, 0.1) is 24.2 Å². The molecule has 1 N–H and O–H groups in total. The summed E-state index contributed by atoms with van der Waals surface area (Å²) in [7, 11) is 0. The summed E-state index contributed by atoms with van der Waals surface area (Å²) in [5, 5.41) is 12.2. The second kappa shape index (κ2) is 9.44. The maximum Gasteiger partial charge on any atom is 0.223 e. The first-order valence-corrected chi connectivity index (χ1v) is 10.7. The molecule has 0 bridgehead atoms. The highest BCUT2D eigenvalue weighted by atomic mass is 16.1. The Bertz CT molecular complexity index is 1050. The van der Waals surface area contributed by atoms with Gasteiger partial charge in [0.1, 0.15) is 11.9 Å². The van der Waals surface area contributed by atoms with Gasteiger partial charge in [-0.2, -0.15) is 5.26 Å². The Hall–Kier alpha value is -3.65. The molecule has 1 fully saturated rings. The first-order valence-electron chi connectivity index (χ1n) is 10.7. The van der Waals surface area contributed by atoms with Gasteiger partial charge < -0.3 is 10.2 Å². The summed E-state index contributed by atoms with van der Waals surface area (Å²) in [5.74, 6) is 0.938. The van der Waals surface area contributed by atoms with Crippen LogP contribution in [0.5, 0.6) is 0 Å². The SMILES string of the molecule is Cc1ccc(C(NC(=O)C2CCN(c3ccc(C#N)cn3)CC2)c2ccccc2)cc1. The van der Waals surface area contributed by atoms with Crippen LogP contribution in [0.4, 0.5) is 5.82 Å². The van der Waals surface area contributed by atoms with Crippen LogP contribution >= 0.6 is 0 Å². The van der Waals surface area contributed by atoms with Crippen molar-refractivity contribution in [2.75, 3.05) is 18.0 Å². The Morgan fingerprint density at radius 2 is 1.71 bits per heavy atom. The molecule has 0 spiro atoms. The molecule has 0 aliphatic carbocycles. The van der Waals surface area contributed by atoms with Gasteiger partial charge in [0.2, 0.25) is 5.91 Å². The largest absolute Gasteiger partial charge is 0.357 e. The highest BCUT2D eigenvalue weighted by molar-refractivity contribution is 5.80. The van der Waals surface area contributed by atoms with Crippen molar-refractivity contribution in [3.05, 3.63) is 95.2 Å². The van der Waals surface area contributed by atoms with Gasteiger partial charge in [0.25, 0.3) is 0 Å². The fraction of sp³-hybridized carbons (Fsp3) is 0.269. The van der Waals surface area contributed by atoms with Gasteiger partial charge in [-0.15, -0.1) is 0 Å². The van der Waals surface area contributed by atoms with Crippen molar-refractivity contribution in [2.45, 2.75) is 25.8 Å². The van der Waals surface area contributed by atoms with Crippen molar-refractivity contribution in [2.24, 2.45) is 5.92 Å². The quantitative estimate of drug-likeness (QED) is 0.678. The molecule has 5 nitrogen and oxygen atoms in total. The third kappa shape index (κ3) is 4.92. The van der Waals surface area contributed by atoms with E-state index in [0.29, 0.717) is 5.56 Å². The van der Waals surface area contributed by atoms with Crippen LogP contribution < -0.4 is 10.2 Å². The average molecular weight is 411 g/mol. The lowest BCUT2D eigenvalue weighted by molar-refractivity contribution is -0.126. The minimum atomic E-state index is -0.160. The van der Waals surface area contributed by atoms with E-state index in [2.05, 4.69) is 64.6 Å². The number of piperidine rings is 1. The van der Waals surface area contributed by atoms with Crippen molar-refractivity contribution in [3.8, 4) is 6.07 Å². The number of carbonyl (C=O) groups is 1. The zero-order chi connectivity index (χ0) is 21.6. The van der Waals surface area contributed by atoms with Gasteiger partial charge in [0.15, 0.2) is 0 Å². The number of pyridine rings is 1. The van der Waals surface area contributed by atoms with E-state index in [1.807, 2.05) is 24.3 Å². The van der Waals surface area contributed by atoms with Gasteiger partial charge in [-0.25, -0.2) is 4.98 Å². The Morgan fingerprint density at radius 3 is 2.32 bits per heavy atom. The van der Waals surface area contributed by atoms with Crippen LogP contribution in [-0.2, 0) is 4.79 Å². The summed E-state index contributed by atoms with van der Waals surface area (Å²) in [4.78, 5) is 19.7. The summed E-state index contributed by atoms with van der Waals surface area (Å²) >= 11 is 0. The van der Waals surface area contributed by atoms with E-state index in [-0.39, 0.29) is 17.9 Å². The predicted molar refractivity (Wildman–Crippen MR) is 121 cm³/mol. The number of hydrogen-bond donors (Lipinski definition) is 1. The summed E-state index contributed by atoms with van der Waals surface area (Å²) < 4.78 is 0. The van der Waals surface area contributed by atoms with E-state index in [4.69, 9.17) is 5.26 Å². The topological polar surface area (TPSA) is 69.0 Å². The predicted octanol–water partition coefficient (Wildman–Crippen LogP) is 4.38. The smallest absolute Gasteiger partial charge is 0.223 e. The van der Waals surface area contributed by atoms with E-state index in [1.165, 1.54) is 5.56 Å². The minimum absolute atomic E-state index is 0.0220. The van der Waals surface area contributed by atoms with Crippen LogP contribution in [0.3, 0.4) is 0 Å². The zero-order valence-electron chi connectivity index (χ0n) is 17.7. The third-order valence-corrected chi connectivity index (χ3v) is 5.90. The lowest BCUT2D eigenvalue weighted by Gasteiger charge is -2.33. The van der Waals surface area contributed by atoms with Crippen LogP contribution in [-0.4, -0.2) is 24.0 Å². The van der Waals surface area contributed by atoms with Crippen LogP contribution in [0.1, 0.15) is 41.1 Å². The molecule has 31 heavy (non-hydrogen) atoms. The molecule has 1 unspecified atom stereocenters. The molecular formula is C26H26N4O. The number of nitrogens with zero attached hydrogens (tertiary/aromatic N) is 3. The summed E-state index contributed by atoms with van der Waals surface area (Å²) in [5.41, 5.74) is 3.93. The molecule has 2 heterocycles. The Morgan fingerprint density at radius 1 is 1.03 bits per heavy atom. The molecule has 0 radical (unpaired) electrons. The summed E-state index contributed by atoms with van der Waals surface area (Å²) in [6.07, 6.45) is 3.16. The molecule has 4 rings (SSSR count). The Kier molecular flexibility index (Phi) is 6.28. The van der Waals surface area contributed by atoms with Gasteiger partial charge in [-0.05, 0) is 43.0 Å². The van der Waals surface area contributed by atoms with Gasteiger partial charge >= 0.3 is 0 Å². The van der Waals surface area contributed by atoms with E-state index in [0.717, 1.165) is 42.9 Å². The number of hydrogen-bond acceptors (Lipinski definition) is 4. The minimum Gasteiger partial charge on any atom is -0.357 e. The van der Waals surface area contributed by atoms with E-state index in [9.17, 15) is 4.79 Å². The lowest BCUT2D eigenvalue weighted by atomic mass is 9.93. The molecule has 156 valence electrons. The van der Waals surface area contributed by atoms with E-state index < -0.39 is 0 Å². The number of carbonyl (C=O) groups excluding carboxylic acids is 1. The molecule has 1 atom stereocenters. The molecule has 1 aliphatic heterocycles. The molecule has 1 aliphatic rings. The summed E-state index contributed by atoms with van der Waals surface area (Å²) in [6, 6.07) is 24.1. The standard InChI is InChI=1S/C26H26N4O/c1-19-7-10-22(11-8-19)25(21-5-3-2-4-6-21)29-26(31)23-13-15-30(16-14-23)24-12-9-20(17-27)18-28-24/h2-12,18,23,25H,13-16H2,1H3,(H,29,31). The van der Waals surface area contributed by atoms with Crippen molar-refractivity contribution in [1.82, 2.24) is 10.3 Å². The molecular weight excluding hydrogens is 384 g/mol. The lowest BCUT2D eigenvalue weighted by Crippen LogP contribution is -2.42. The number of benzene rings is 2. The van der Waals surface area contributed by atoms with Crippen LogP contribution in [0.25, 0.3) is 0 Å². The number of aromatic nitrogens is 1. The molecule has 0 saturated carbocycles. The van der Waals surface area contributed by atoms with Gasteiger partial charge in [0.05, 0.1) is 11.6 Å². The monoisotopic (exact) mass is 410 g/mol. The maximum atomic E-state index is 13.2. The number of amides is 1. The third-order valence-electron chi connectivity index (χ3n) is 5.90. The van der Waals surface area contributed by atoms with Gasteiger partial charge in [-0.3, -0.25) is 4.79 Å². The van der Waals surface area contributed by atoms with Gasteiger partial charge in [-0.1, -0.05) is 60.2 Å². The fourth-order valence-corrected chi connectivity index (χ4v) is 4.03. The molecule has 1 aromatic heterocycles.